The zero-order valence-electron chi connectivity index (χ0n) is 21.2. The number of carbonyl (C=O) groups is 2. The lowest BCUT2D eigenvalue weighted by Crippen LogP contribution is -2.42. The first-order valence-electron chi connectivity index (χ1n) is 11.4. The molecule has 196 valence electrons. The normalized spacial score (nSPS) is 29.3. The number of alkyl carbamates (subject to hydrolysis) is 2. The molecule has 0 aromatic rings. The van der Waals surface area contributed by atoms with Gasteiger partial charge in [0.25, 0.3) is 0 Å². The van der Waals surface area contributed by atoms with E-state index >= 15 is 0 Å². The van der Waals surface area contributed by atoms with Gasteiger partial charge in [0.1, 0.15) is 11.2 Å². The molecule has 2 aliphatic rings. The van der Waals surface area contributed by atoms with Gasteiger partial charge in [0.2, 0.25) is 0 Å². The molecule has 33 heavy (non-hydrogen) atoms. The highest BCUT2D eigenvalue weighted by Gasteiger charge is 2.35. The summed E-state index contributed by atoms with van der Waals surface area (Å²) in [5, 5.41) is 16.6. The van der Waals surface area contributed by atoms with Crippen LogP contribution in [0.5, 0.6) is 0 Å². The number of ether oxygens (including phenoxy) is 2. The van der Waals surface area contributed by atoms with Gasteiger partial charge >= 0.3 is 12.2 Å². The van der Waals surface area contributed by atoms with Crippen LogP contribution in [0.3, 0.4) is 0 Å². The van der Waals surface area contributed by atoms with Crippen LogP contribution in [-0.4, -0.2) is 69.7 Å². The molecule has 3 N–H and O–H groups in total. The van der Waals surface area contributed by atoms with Gasteiger partial charge in [0.05, 0.1) is 12.1 Å². The fourth-order valence-electron chi connectivity index (χ4n) is 3.82. The van der Waals surface area contributed by atoms with Crippen molar-refractivity contribution in [2.75, 3.05) is 12.5 Å². The fourth-order valence-corrected chi connectivity index (χ4v) is 5.51. The van der Waals surface area contributed by atoms with Crippen LogP contribution >= 0.6 is 23.5 Å². The van der Waals surface area contributed by atoms with E-state index in [9.17, 15) is 14.7 Å². The molecule has 0 aliphatic heterocycles. The van der Waals surface area contributed by atoms with Gasteiger partial charge in [-0.3, -0.25) is 0 Å². The number of hydrogen-bond donors (Lipinski definition) is 3. The van der Waals surface area contributed by atoms with Gasteiger partial charge in [-0.2, -0.15) is 23.5 Å². The molecule has 6 atom stereocenters. The van der Waals surface area contributed by atoms with Crippen LogP contribution in [0.15, 0.2) is 0 Å². The van der Waals surface area contributed by atoms with Crippen LogP contribution in [0.25, 0.3) is 0 Å². The zero-order valence-corrected chi connectivity index (χ0v) is 22.8. The first-order chi connectivity index (χ1) is 14.6. The molecule has 0 bridgehead atoms. The summed E-state index contributed by atoms with van der Waals surface area (Å²) < 4.78 is 10.4. The van der Waals surface area contributed by atoms with Crippen LogP contribution in [0, 0.1) is 5.92 Å². The number of aliphatic hydroxyl groups excluding tert-OH is 1. The van der Waals surface area contributed by atoms with E-state index in [0.717, 1.165) is 19.3 Å². The number of rotatable bonds is 4. The number of hydrogen-bond acceptors (Lipinski definition) is 7. The number of thioether (sulfide) groups is 2. The summed E-state index contributed by atoms with van der Waals surface area (Å²) in [5.74, 6) is 0.546. The third kappa shape index (κ3) is 13.0. The van der Waals surface area contributed by atoms with Gasteiger partial charge in [-0.25, -0.2) is 9.59 Å². The third-order valence-electron chi connectivity index (χ3n) is 5.39. The molecular weight excluding hydrogens is 460 g/mol. The van der Waals surface area contributed by atoms with E-state index in [-0.39, 0.29) is 25.6 Å². The number of carbonyl (C=O) groups excluding carboxylic acids is 2. The lowest BCUT2D eigenvalue weighted by Gasteiger charge is -2.23. The average molecular weight is 509 g/mol. The van der Waals surface area contributed by atoms with Crippen molar-refractivity contribution in [2.24, 2.45) is 5.92 Å². The zero-order chi connectivity index (χ0) is 24.7. The standard InChI is InChI=1S/C12H23NO2S.C11H21NO3S.CH4/c1-8-6-9(16-5)7-10(8)13-11(14)15-12(2,3)4;1-11(2,3)15-10(14)12-8-5-7(16-4)6-9(8)13;/h8-10H,6-7H2,1-5H3,(H,13,14);7-9,13H,5-6H2,1-4H3,(H,12,14);1H4/t8-,9+,10-;7-,8-,9-;/m11./s1. The van der Waals surface area contributed by atoms with Gasteiger partial charge in [0, 0.05) is 16.5 Å². The minimum absolute atomic E-state index is 0. The Morgan fingerprint density at radius 1 is 0.788 bits per heavy atom. The first kappa shape index (κ1) is 32.2. The largest absolute Gasteiger partial charge is 0.444 e. The topological polar surface area (TPSA) is 96.9 Å². The molecule has 2 fully saturated rings. The van der Waals surface area contributed by atoms with Crippen molar-refractivity contribution in [3.8, 4) is 0 Å². The fraction of sp³-hybridized carbons (Fsp3) is 0.917. The van der Waals surface area contributed by atoms with Gasteiger partial charge in [-0.15, -0.1) is 0 Å². The van der Waals surface area contributed by atoms with Gasteiger partial charge in [0.15, 0.2) is 0 Å². The summed E-state index contributed by atoms with van der Waals surface area (Å²) in [6, 6.07) is 0.0969. The number of aliphatic hydroxyl groups is 1. The van der Waals surface area contributed by atoms with E-state index in [1.165, 1.54) is 6.42 Å². The molecule has 2 amide bonds. The van der Waals surface area contributed by atoms with Crippen LogP contribution in [0.4, 0.5) is 9.59 Å². The predicted octanol–water partition coefficient (Wildman–Crippen LogP) is 5.44. The van der Waals surface area contributed by atoms with Crippen molar-refractivity contribution < 1.29 is 24.2 Å². The van der Waals surface area contributed by atoms with Crippen LogP contribution in [0.2, 0.25) is 0 Å². The van der Waals surface area contributed by atoms with E-state index in [2.05, 4.69) is 23.8 Å². The van der Waals surface area contributed by atoms with E-state index in [0.29, 0.717) is 16.4 Å². The molecule has 0 heterocycles. The summed E-state index contributed by atoms with van der Waals surface area (Å²) >= 11 is 3.62. The third-order valence-corrected chi connectivity index (χ3v) is 7.50. The maximum absolute atomic E-state index is 11.6. The molecule has 2 saturated carbocycles. The molecule has 0 aromatic heterocycles. The Labute approximate surface area is 210 Å². The van der Waals surface area contributed by atoms with Gasteiger partial charge in [-0.1, -0.05) is 14.4 Å². The van der Waals surface area contributed by atoms with Crippen molar-refractivity contribution in [1.29, 1.82) is 0 Å². The average Bonchev–Trinajstić information content (AvgIpc) is 3.14. The summed E-state index contributed by atoms with van der Waals surface area (Å²) in [6.45, 7) is 13.3. The summed E-state index contributed by atoms with van der Waals surface area (Å²) in [6.07, 6.45) is 6.75. The molecule has 2 rings (SSSR count). The molecule has 0 aromatic carbocycles. The lowest BCUT2D eigenvalue weighted by molar-refractivity contribution is 0.0447. The highest BCUT2D eigenvalue weighted by Crippen LogP contribution is 2.33. The Bertz CT molecular complexity index is 555. The number of amides is 2. The van der Waals surface area contributed by atoms with E-state index in [4.69, 9.17) is 9.47 Å². The van der Waals surface area contributed by atoms with Crippen LogP contribution in [0.1, 0.15) is 81.6 Å². The molecule has 0 unspecified atom stereocenters. The van der Waals surface area contributed by atoms with E-state index in [1.807, 2.05) is 59.6 Å². The highest BCUT2D eigenvalue weighted by atomic mass is 32.2. The minimum Gasteiger partial charge on any atom is -0.444 e. The number of nitrogens with one attached hydrogen (secondary N) is 2. The van der Waals surface area contributed by atoms with Crippen LogP contribution in [-0.2, 0) is 9.47 Å². The van der Waals surface area contributed by atoms with Crippen molar-refractivity contribution in [3.63, 3.8) is 0 Å². The van der Waals surface area contributed by atoms with Crippen molar-refractivity contribution in [2.45, 2.75) is 121 Å². The Hall–Kier alpha value is -0.800. The summed E-state index contributed by atoms with van der Waals surface area (Å²) in [5.41, 5.74) is -0.905. The van der Waals surface area contributed by atoms with E-state index < -0.39 is 23.4 Å². The maximum atomic E-state index is 11.6. The van der Waals surface area contributed by atoms with Crippen molar-refractivity contribution in [3.05, 3.63) is 0 Å². The highest BCUT2D eigenvalue weighted by molar-refractivity contribution is 7.99. The van der Waals surface area contributed by atoms with Gasteiger partial charge in [-0.05, 0) is 85.7 Å². The van der Waals surface area contributed by atoms with Gasteiger partial charge < -0.3 is 25.2 Å². The quantitative estimate of drug-likeness (QED) is 0.465. The minimum atomic E-state index is -0.494. The monoisotopic (exact) mass is 508 g/mol. The lowest BCUT2D eigenvalue weighted by atomic mass is 10.1. The maximum Gasteiger partial charge on any atom is 0.407 e. The Kier molecular flexibility index (Phi) is 13.6. The molecule has 0 saturated heterocycles. The second kappa shape index (κ2) is 13.9. The summed E-state index contributed by atoms with van der Waals surface area (Å²) in [4.78, 5) is 23.1. The molecule has 9 heteroatoms. The molecule has 0 spiro atoms. The summed E-state index contributed by atoms with van der Waals surface area (Å²) in [7, 11) is 0. The first-order valence-corrected chi connectivity index (χ1v) is 13.9. The molecule has 0 radical (unpaired) electrons. The predicted molar refractivity (Wildman–Crippen MR) is 141 cm³/mol. The molecular formula is C24H48N2O5S2. The second-order valence-corrected chi connectivity index (χ2v) is 13.0. The SMILES string of the molecule is C.CS[C@H]1C[C@@H](C)[C@H](NC(=O)OC(C)(C)C)C1.CS[C@H]1C[C@@H](O)[C@H](NC(=O)OC(C)(C)C)C1. The van der Waals surface area contributed by atoms with E-state index in [1.54, 1.807) is 11.8 Å². The Morgan fingerprint density at radius 3 is 1.55 bits per heavy atom. The second-order valence-electron chi connectivity index (χ2n) is 10.7. The Morgan fingerprint density at radius 2 is 1.18 bits per heavy atom. The smallest absolute Gasteiger partial charge is 0.407 e. The van der Waals surface area contributed by atoms with Crippen molar-refractivity contribution >= 4 is 35.7 Å². The molecule has 7 nitrogen and oxygen atoms in total. The van der Waals surface area contributed by atoms with Crippen molar-refractivity contribution in [1.82, 2.24) is 10.6 Å². The Balaban J connectivity index is 0.000000602. The molecule has 2 aliphatic carbocycles. The van der Waals surface area contributed by atoms with Crippen LogP contribution < -0.4 is 10.6 Å².